The molecule has 3 N–H and O–H groups in total. The molecular formula is C10H18O6. The first kappa shape index (κ1) is 14.9. The highest BCUT2D eigenvalue weighted by atomic mass is 16.7. The highest BCUT2D eigenvalue weighted by molar-refractivity contribution is 5.70. The molecular weight excluding hydrogens is 216 g/mol. The predicted octanol–water partition coefficient (Wildman–Crippen LogP) is 0.264. The summed E-state index contributed by atoms with van der Waals surface area (Å²) in [5.74, 6) is -3.47. The first-order chi connectivity index (χ1) is 7.25. The summed E-state index contributed by atoms with van der Waals surface area (Å²) in [5.41, 5.74) is 0. The van der Waals surface area contributed by atoms with Gasteiger partial charge < -0.3 is 20.1 Å². The van der Waals surface area contributed by atoms with Crippen LogP contribution in [0.5, 0.6) is 0 Å². The van der Waals surface area contributed by atoms with Crippen LogP contribution in [0.3, 0.4) is 0 Å². The van der Waals surface area contributed by atoms with Gasteiger partial charge in [-0.1, -0.05) is 0 Å². The third kappa shape index (κ3) is 6.36. The number of carboxylic acids is 1. The molecule has 0 aliphatic heterocycles. The summed E-state index contributed by atoms with van der Waals surface area (Å²) < 4.78 is 4.63. The molecule has 0 spiro atoms. The molecule has 0 aromatic heterocycles. The molecule has 0 radical (unpaired) electrons. The van der Waals surface area contributed by atoms with Crippen molar-refractivity contribution in [3.63, 3.8) is 0 Å². The number of aliphatic hydroxyl groups excluding tert-OH is 1. The summed E-state index contributed by atoms with van der Waals surface area (Å²) in [7, 11) is 0. The molecule has 6 nitrogen and oxygen atoms in total. The van der Waals surface area contributed by atoms with Crippen LogP contribution >= 0.6 is 0 Å². The number of hydrogen-bond donors (Lipinski definition) is 3. The Balaban J connectivity index is 3.79. The van der Waals surface area contributed by atoms with Crippen LogP contribution in [0.25, 0.3) is 0 Å². The number of carboxylic acid groups (broad SMARTS) is 1. The zero-order valence-corrected chi connectivity index (χ0v) is 9.47. The summed E-state index contributed by atoms with van der Waals surface area (Å²) in [5, 5.41) is 26.8. The average molecular weight is 234 g/mol. The number of aliphatic hydroxyl groups is 2. The van der Waals surface area contributed by atoms with Gasteiger partial charge in [0.2, 0.25) is 5.79 Å². The maximum Gasteiger partial charge on any atom is 0.308 e. The van der Waals surface area contributed by atoms with Gasteiger partial charge >= 0.3 is 11.9 Å². The summed E-state index contributed by atoms with van der Waals surface area (Å²) in [6.45, 7) is 2.49. The third-order valence-corrected chi connectivity index (χ3v) is 2.12. The minimum absolute atomic E-state index is 0.0000750. The Kier molecular flexibility index (Phi) is 5.98. The van der Waals surface area contributed by atoms with Crippen LogP contribution in [0.1, 0.15) is 39.5 Å². The molecule has 0 bridgehead atoms. The minimum Gasteiger partial charge on any atom is -0.481 e. The van der Waals surface area contributed by atoms with Crippen molar-refractivity contribution in [3.05, 3.63) is 0 Å². The smallest absolute Gasteiger partial charge is 0.308 e. The topological polar surface area (TPSA) is 104 Å². The van der Waals surface area contributed by atoms with Gasteiger partial charge in [0.05, 0.1) is 0 Å². The maximum atomic E-state index is 11.2. The van der Waals surface area contributed by atoms with E-state index in [0.29, 0.717) is 12.8 Å². The molecule has 2 atom stereocenters. The number of carbonyl (C=O) groups excluding carboxylic acids is 1. The van der Waals surface area contributed by atoms with E-state index in [0.717, 1.165) is 0 Å². The van der Waals surface area contributed by atoms with E-state index < -0.39 is 23.8 Å². The van der Waals surface area contributed by atoms with Crippen molar-refractivity contribution in [2.45, 2.75) is 51.4 Å². The Morgan fingerprint density at radius 3 is 2.25 bits per heavy atom. The van der Waals surface area contributed by atoms with E-state index in [1.807, 2.05) is 0 Å². The van der Waals surface area contributed by atoms with Gasteiger partial charge in [-0.15, -0.1) is 0 Å². The molecule has 0 aromatic rings. The van der Waals surface area contributed by atoms with Gasteiger partial charge in [-0.3, -0.25) is 9.59 Å². The lowest BCUT2D eigenvalue weighted by Gasteiger charge is -2.26. The Bertz CT molecular complexity index is 246. The number of unbranched alkanes of at least 4 members (excludes halogenated alkanes) is 1. The molecule has 2 unspecified atom stereocenters. The lowest BCUT2D eigenvalue weighted by molar-refractivity contribution is -0.234. The van der Waals surface area contributed by atoms with Crippen LogP contribution in [0.15, 0.2) is 0 Å². The number of carbonyl (C=O) groups is 2. The lowest BCUT2D eigenvalue weighted by Crippen LogP contribution is -2.41. The summed E-state index contributed by atoms with van der Waals surface area (Å²) >= 11 is 0. The van der Waals surface area contributed by atoms with Crippen LogP contribution in [-0.2, 0) is 14.3 Å². The molecule has 94 valence electrons. The van der Waals surface area contributed by atoms with E-state index in [2.05, 4.69) is 4.74 Å². The van der Waals surface area contributed by atoms with E-state index in [-0.39, 0.29) is 12.8 Å². The number of esters is 1. The van der Waals surface area contributed by atoms with Gasteiger partial charge in [-0.05, 0) is 19.8 Å². The predicted molar refractivity (Wildman–Crippen MR) is 54.5 cm³/mol. The molecule has 16 heavy (non-hydrogen) atoms. The van der Waals surface area contributed by atoms with E-state index >= 15 is 0 Å². The normalized spacial score (nSPS) is 16.2. The second-order valence-electron chi connectivity index (χ2n) is 3.81. The van der Waals surface area contributed by atoms with Crippen LogP contribution < -0.4 is 0 Å². The zero-order valence-electron chi connectivity index (χ0n) is 9.47. The van der Waals surface area contributed by atoms with Crippen LogP contribution in [-0.4, -0.2) is 39.1 Å². The first-order valence-electron chi connectivity index (χ1n) is 5.10. The summed E-state index contributed by atoms with van der Waals surface area (Å²) in [6, 6.07) is 0. The van der Waals surface area contributed by atoms with Crippen LogP contribution in [0.4, 0.5) is 0 Å². The first-order valence-corrected chi connectivity index (χ1v) is 5.10. The second kappa shape index (κ2) is 6.44. The Morgan fingerprint density at radius 2 is 1.81 bits per heavy atom. The molecule has 0 saturated heterocycles. The molecule has 6 heteroatoms. The average Bonchev–Trinajstić information content (AvgIpc) is 2.11. The fourth-order valence-electron chi connectivity index (χ4n) is 0.912. The zero-order chi connectivity index (χ0) is 12.8. The quantitative estimate of drug-likeness (QED) is 0.331. The fourth-order valence-corrected chi connectivity index (χ4v) is 0.912. The van der Waals surface area contributed by atoms with Gasteiger partial charge in [0, 0.05) is 19.8 Å². The molecule has 0 saturated carbocycles. The second-order valence-corrected chi connectivity index (χ2v) is 3.81. The molecule has 0 amide bonds. The van der Waals surface area contributed by atoms with Gasteiger partial charge in [0.15, 0.2) is 0 Å². The standard InChI is InChI=1S/C10H18O6/c1-7(11)10(2,15)16-9(14)6-4-3-5-8(12)13/h7,11,15H,3-6H2,1-2H3,(H,12,13). The maximum absolute atomic E-state index is 11.2. The van der Waals surface area contributed by atoms with Crippen molar-refractivity contribution in [2.24, 2.45) is 0 Å². The Morgan fingerprint density at radius 1 is 1.31 bits per heavy atom. The molecule has 0 fully saturated rings. The van der Waals surface area contributed by atoms with Crippen molar-refractivity contribution in [1.29, 1.82) is 0 Å². The number of rotatable bonds is 7. The van der Waals surface area contributed by atoms with E-state index in [4.69, 9.17) is 10.2 Å². The Hall–Kier alpha value is -1.14. The minimum atomic E-state index is -1.90. The highest BCUT2D eigenvalue weighted by Crippen LogP contribution is 2.13. The monoisotopic (exact) mass is 234 g/mol. The van der Waals surface area contributed by atoms with Gasteiger partial charge in [-0.2, -0.15) is 0 Å². The van der Waals surface area contributed by atoms with Crippen molar-refractivity contribution in [2.75, 3.05) is 0 Å². The van der Waals surface area contributed by atoms with Gasteiger partial charge in [-0.25, -0.2) is 0 Å². The van der Waals surface area contributed by atoms with E-state index in [1.54, 1.807) is 0 Å². The number of hydrogen-bond acceptors (Lipinski definition) is 5. The van der Waals surface area contributed by atoms with Crippen LogP contribution in [0.2, 0.25) is 0 Å². The summed E-state index contributed by atoms with van der Waals surface area (Å²) in [6.07, 6.45) is -0.408. The number of ether oxygens (including phenoxy) is 1. The van der Waals surface area contributed by atoms with Gasteiger partial charge in [0.1, 0.15) is 6.10 Å². The Labute approximate surface area is 93.8 Å². The van der Waals surface area contributed by atoms with E-state index in [1.165, 1.54) is 13.8 Å². The molecule has 0 rings (SSSR count). The SMILES string of the molecule is CC(O)C(C)(O)OC(=O)CCCCC(=O)O. The molecule has 0 heterocycles. The van der Waals surface area contributed by atoms with Crippen molar-refractivity contribution < 1.29 is 29.6 Å². The number of aliphatic carboxylic acids is 1. The third-order valence-electron chi connectivity index (χ3n) is 2.12. The van der Waals surface area contributed by atoms with Crippen LogP contribution in [0, 0.1) is 0 Å². The lowest BCUT2D eigenvalue weighted by atomic mass is 10.2. The highest BCUT2D eigenvalue weighted by Gasteiger charge is 2.30. The molecule has 0 aliphatic carbocycles. The van der Waals surface area contributed by atoms with Gasteiger partial charge in [0.25, 0.3) is 0 Å². The molecule has 0 aliphatic rings. The van der Waals surface area contributed by atoms with Crippen molar-refractivity contribution in [3.8, 4) is 0 Å². The van der Waals surface area contributed by atoms with Crippen molar-refractivity contribution >= 4 is 11.9 Å². The van der Waals surface area contributed by atoms with E-state index in [9.17, 15) is 14.7 Å². The molecule has 0 aromatic carbocycles. The fraction of sp³-hybridized carbons (Fsp3) is 0.800. The summed E-state index contributed by atoms with van der Waals surface area (Å²) in [4.78, 5) is 21.3. The van der Waals surface area contributed by atoms with Crippen molar-refractivity contribution in [1.82, 2.24) is 0 Å². The largest absolute Gasteiger partial charge is 0.481 e.